The molecule has 0 spiro atoms. The first kappa shape index (κ1) is 89.8. The van der Waals surface area contributed by atoms with Crippen LogP contribution in [-0.4, -0.2) is 263 Å². The number of halogens is 1. The standard InChI is InChI=1S/C28H29FN2O4.C28H25N3O3.C26H26N2O3.C24H24N2O4/c1-34-18-25-27(21-9-7-19(8-10-21)5-6-20-3-2-4-23(29)15-20)24-16-30(17-26(32)31(24)25)28(33)22-11-13-35-14-12-22;1-34-19-25-27(22-14-12-21(13-15-22)11-10-20-7-3-2-4-8-20)24-17-30(18-26(32)31(24)25)28(33)23-9-5-6-16-29-23;29-17-23-26(21-12-10-19(11-13-21)7-6-18-4-2-1-3-5-18)22-15-27(16-25(31)28(22)23)24(30)14-20-8-9-20;1-16(28)25-13-21-24(22(15-27)26(21)23(29)14-25)19-10-8-17(9-11-19)6-7-18-4-3-5-20(12-18)30-2/h2-4,7-10,15,22,24-25,27H,11-14,16-18H2,1H3;2-9,12-16,24-25,27H,17-19H2,1H3;1-5,10-13,20,22-23,26,29H,8-9,14-17H2;3-5,8-12,21-22,24,27H,13-15H2,1-2H3/t2*24-,25-,27-;22-,23+,26+;21-,22-,24-/m1010/s1. The fraction of sp³-hybridized carbons (Fsp3) is 0.349. The SMILES string of the molecule is COC[C@@H]1[C@H](c2ccc(C#Cc3cccc(F)c3)cc2)[C@H]2CN(C(=O)C3CCOCC3)CC(=O)N12.COC[C@H]1[C@@H](c2ccc(C#Cc3ccccc3)cc2)[C@@H]2CN(C(=O)c3ccccn3)CC(=O)N12.COc1cccc(C#Cc2ccc([C@@H]3[C@H](CO)N4C(=O)CN(C(C)=O)C[C@@H]34)cc2)c1.O=C(CC1CC1)N1CC(=O)N2[C@H](C1)[C@H](c1ccc(C#Cc3ccccc3)cc1)[C@@H]2CO. The molecular weight excluding hydrogens is 1640 g/mol. The number of aliphatic hydroxyl groups is 2. The van der Waals surface area contributed by atoms with Crippen molar-refractivity contribution in [2.24, 2.45) is 11.8 Å². The van der Waals surface area contributed by atoms with E-state index in [1.54, 1.807) is 87.3 Å². The molecule has 12 atom stereocenters. The van der Waals surface area contributed by atoms with E-state index in [0.29, 0.717) is 89.0 Å². The highest BCUT2D eigenvalue weighted by atomic mass is 19.1. The Bertz CT molecular complexity index is 5880. The number of hydrogen-bond donors (Lipinski definition) is 2. The minimum absolute atomic E-state index is 0.00138. The number of rotatable bonds is 15. The summed E-state index contributed by atoms with van der Waals surface area (Å²) in [5, 5.41) is 19.8. The van der Waals surface area contributed by atoms with Crippen LogP contribution in [0.5, 0.6) is 5.75 Å². The average molecular weight is 1750 g/mol. The van der Waals surface area contributed by atoms with Crippen molar-refractivity contribution in [2.45, 2.75) is 111 Å². The van der Waals surface area contributed by atoms with Gasteiger partial charge < -0.3 is 68.4 Å². The van der Waals surface area contributed by atoms with Gasteiger partial charge in [0.2, 0.25) is 41.4 Å². The lowest BCUT2D eigenvalue weighted by Gasteiger charge is -2.59. The van der Waals surface area contributed by atoms with E-state index in [0.717, 1.165) is 79.8 Å². The van der Waals surface area contributed by atoms with E-state index in [9.17, 15) is 53.0 Å². The van der Waals surface area contributed by atoms with E-state index in [-0.39, 0.29) is 170 Å². The van der Waals surface area contributed by atoms with Crippen molar-refractivity contribution in [2.75, 3.05) is 113 Å². The van der Waals surface area contributed by atoms with Crippen LogP contribution in [0.2, 0.25) is 0 Å². The molecule has 19 rings (SSSR count). The van der Waals surface area contributed by atoms with Gasteiger partial charge in [-0.05, 0) is 175 Å². The average Bonchev–Trinajstić information content (AvgIpc) is 0.986. The molecule has 0 unspecified atom stereocenters. The van der Waals surface area contributed by atoms with Crippen molar-refractivity contribution >= 4 is 47.3 Å². The Morgan fingerprint density at radius 3 is 1.20 bits per heavy atom. The van der Waals surface area contributed by atoms with Gasteiger partial charge in [-0.2, -0.15) is 0 Å². The van der Waals surface area contributed by atoms with Crippen molar-refractivity contribution in [3.63, 3.8) is 0 Å². The zero-order valence-electron chi connectivity index (χ0n) is 73.2. The van der Waals surface area contributed by atoms with Gasteiger partial charge in [-0.25, -0.2) is 4.39 Å². The first-order valence-electron chi connectivity index (χ1n) is 44.4. The summed E-state index contributed by atoms with van der Waals surface area (Å²) in [4.78, 5) is 120. The minimum Gasteiger partial charge on any atom is -0.497 e. The zero-order chi connectivity index (χ0) is 90.5. The number of nitrogens with zero attached hydrogens (tertiary/aromatic N) is 9. The van der Waals surface area contributed by atoms with E-state index in [2.05, 4.69) is 64.5 Å². The summed E-state index contributed by atoms with van der Waals surface area (Å²) in [6.07, 6.45) is 5.82. The molecule has 10 aliphatic rings. The van der Waals surface area contributed by atoms with Crippen LogP contribution in [0, 0.1) is 65.0 Å². The Morgan fingerprint density at radius 1 is 0.415 bits per heavy atom. The number of benzene rings is 8. The molecule has 23 nitrogen and oxygen atoms in total. The van der Waals surface area contributed by atoms with Gasteiger partial charge in [-0.1, -0.05) is 150 Å². The van der Waals surface area contributed by atoms with Gasteiger partial charge in [0, 0.05) is 147 Å². The molecule has 9 saturated heterocycles. The van der Waals surface area contributed by atoms with Gasteiger partial charge in [-0.15, -0.1) is 0 Å². The van der Waals surface area contributed by atoms with E-state index in [1.165, 1.54) is 19.1 Å². The fourth-order valence-electron chi connectivity index (χ4n) is 19.7. The summed E-state index contributed by atoms with van der Waals surface area (Å²) < 4.78 is 34.9. The number of carbonyl (C=O) groups is 8. The number of amides is 8. The Balaban J connectivity index is 0.000000127. The number of fused-ring (bicyclic) bond motifs is 4. The van der Waals surface area contributed by atoms with E-state index < -0.39 is 0 Å². The van der Waals surface area contributed by atoms with Gasteiger partial charge in [0.15, 0.2) is 0 Å². The van der Waals surface area contributed by atoms with Crippen LogP contribution in [-0.2, 0) is 47.8 Å². The molecule has 8 amide bonds. The monoisotopic (exact) mass is 1750 g/mol. The first-order chi connectivity index (χ1) is 63.3. The van der Waals surface area contributed by atoms with Crippen LogP contribution in [0.4, 0.5) is 4.39 Å². The summed E-state index contributed by atoms with van der Waals surface area (Å²) in [5.74, 6) is 25.8. The Hall–Kier alpha value is -13.6. The third kappa shape index (κ3) is 20.3. The van der Waals surface area contributed by atoms with Crippen molar-refractivity contribution in [1.82, 2.24) is 44.2 Å². The first-order valence-corrected chi connectivity index (χ1v) is 44.4. The maximum Gasteiger partial charge on any atom is 0.272 e. The lowest BCUT2D eigenvalue weighted by atomic mass is 9.73. The Morgan fingerprint density at radius 2 is 0.785 bits per heavy atom. The molecule has 10 heterocycles. The number of ether oxygens (including phenoxy) is 4. The zero-order valence-corrected chi connectivity index (χ0v) is 73.2. The summed E-state index contributed by atoms with van der Waals surface area (Å²) in [5.41, 5.74) is 11.7. The molecule has 9 aromatic rings. The van der Waals surface area contributed by atoms with Crippen molar-refractivity contribution in [1.29, 1.82) is 0 Å². The van der Waals surface area contributed by atoms with Crippen LogP contribution >= 0.6 is 0 Å². The number of carbonyl (C=O) groups excluding carboxylic acids is 8. The number of aliphatic hydroxyl groups excluding tert-OH is 2. The molecule has 2 N–H and O–H groups in total. The molecule has 664 valence electrons. The molecule has 9 aliphatic heterocycles. The maximum atomic E-state index is 13.4. The van der Waals surface area contributed by atoms with E-state index >= 15 is 0 Å². The lowest BCUT2D eigenvalue weighted by Crippen LogP contribution is -2.73. The summed E-state index contributed by atoms with van der Waals surface area (Å²) in [6.45, 7) is 5.90. The van der Waals surface area contributed by atoms with Crippen LogP contribution in [0.25, 0.3) is 0 Å². The largest absolute Gasteiger partial charge is 0.497 e. The molecule has 1 aromatic heterocycles. The molecule has 24 heteroatoms. The molecular formula is C106H104FN9O14. The van der Waals surface area contributed by atoms with Gasteiger partial charge in [0.05, 0.1) is 102 Å². The molecule has 8 aromatic carbocycles. The van der Waals surface area contributed by atoms with Crippen molar-refractivity contribution < 1.29 is 71.9 Å². The van der Waals surface area contributed by atoms with E-state index in [1.807, 2.05) is 180 Å². The van der Waals surface area contributed by atoms with Crippen LogP contribution in [0.15, 0.2) is 231 Å². The quantitative estimate of drug-likeness (QED) is 0.0906. The van der Waals surface area contributed by atoms with Crippen molar-refractivity contribution in [3.05, 3.63) is 309 Å². The molecule has 1 aliphatic carbocycles. The second-order valence-corrected chi connectivity index (χ2v) is 34.4. The van der Waals surface area contributed by atoms with Crippen LogP contribution in [0.3, 0.4) is 0 Å². The molecule has 0 radical (unpaired) electrons. The number of aromatic nitrogens is 1. The van der Waals surface area contributed by atoms with Gasteiger partial charge in [0.1, 0.15) is 23.8 Å². The van der Waals surface area contributed by atoms with Gasteiger partial charge in [-0.3, -0.25) is 43.3 Å². The van der Waals surface area contributed by atoms with Crippen LogP contribution in [0.1, 0.15) is 140 Å². The topological polar surface area (TPSA) is 253 Å². The predicted octanol–water partition coefficient (Wildman–Crippen LogP) is 9.75. The normalized spacial score (nSPS) is 23.2. The summed E-state index contributed by atoms with van der Waals surface area (Å²) in [6, 6.07) is 70.0. The number of pyridine rings is 1. The fourth-order valence-corrected chi connectivity index (χ4v) is 19.7. The Kier molecular flexibility index (Phi) is 28.5. The highest BCUT2D eigenvalue weighted by molar-refractivity contribution is 5.96. The minimum atomic E-state index is -0.308. The van der Waals surface area contributed by atoms with E-state index in [4.69, 9.17) is 18.9 Å². The van der Waals surface area contributed by atoms with Gasteiger partial charge in [0.25, 0.3) is 5.91 Å². The summed E-state index contributed by atoms with van der Waals surface area (Å²) in [7, 11) is 4.92. The lowest BCUT2D eigenvalue weighted by molar-refractivity contribution is -0.169. The third-order valence-corrected chi connectivity index (χ3v) is 26.4. The highest BCUT2D eigenvalue weighted by Gasteiger charge is 2.59. The molecule has 1 saturated carbocycles. The predicted molar refractivity (Wildman–Crippen MR) is 485 cm³/mol. The third-order valence-electron chi connectivity index (χ3n) is 26.4. The van der Waals surface area contributed by atoms with Crippen molar-refractivity contribution in [3.8, 4) is 53.1 Å². The molecule has 0 bridgehead atoms. The van der Waals surface area contributed by atoms with Gasteiger partial charge >= 0.3 is 0 Å². The Labute approximate surface area is 757 Å². The maximum absolute atomic E-state index is 13.4. The second kappa shape index (κ2) is 41.3. The highest BCUT2D eigenvalue weighted by Crippen LogP contribution is 2.48. The number of methoxy groups -OCH3 is 3. The second-order valence-electron chi connectivity index (χ2n) is 34.4. The molecule has 130 heavy (non-hydrogen) atoms. The number of hydrogen-bond acceptors (Lipinski definition) is 15. The summed E-state index contributed by atoms with van der Waals surface area (Å²) >= 11 is 0. The smallest absolute Gasteiger partial charge is 0.272 e. The molecule has 10 fully saturated rings. The van der Waals surface area contributed by atoms with Crippen LogP contribution < -0.4 is 4.74 Å². The number of piperazine rings is 4.